The van der Waals surface area contributed by atoms with E-state index < -0.39 is 0 Å². The van der Waals surface area contributed by atoms with Gasteiger partial charge in [-0.2, -0.15) is 0 Å². The molecule has 14 heavy (non-hydrogen) atoms. The van der Waals surface area contributed by atoms with Gasteiger partial charge in [-0.3, -0.25) is 4.90 Å². The van der Waals surface area contributed by atoms with E-state index in [1.54, 1.807) is 0 Å². The van der Waals surface area contributed by atoms with Crippen LogP contribution in [-0.4, -0.2) is 31.1 Å². The highest BCUT2D eigenvalue weighted by Crippen LogP contribution is 2.27. The van der Waals surface area contributed by atoms with Gasteiger partial charge in [-0.1, -0.05) is 0 Å². The maximum Gasteiger partial charge on any atom is 0.0704 e. The van der Waals surface area contributed by atoms with Gasteiger partial charge >= 0.3 is 0 Å². The van der Waals surface area contributed by atoms with Crippen LogP contribution in [0.2, 0.25) is 0 Å². The van der Waals surface area contributed by atoms with E-state index in [9.17, 15) is 0 Å². The molecule has 0 aliphatic carbocycles. The molecule has 1 aliphatic rings. The molecule has 0 bridgehead atoms. The summed E-state index contributed by atoms with van der Waals surface area (Å²) in [4.78, 5) is 3.95. The van der Waals surface area contributed by atoms with Crippen molar-refractivity contribution in [1.82, 2.24) is 10.2 Å². The lowest BCUT2D eigenvalue weighted by atomic mass is 10.2. The van der Waals surface area contributed by atoms with Crippen LogP contribution < -0.4 is 5.32 Å². The van der Waals surface area contributed by atoms with Crippen molar-refractivity contribution in [3.8, 4) is 0 Å². The number of nitrogens with one attached hydrogen (secondary N) is 1. The number of piperazine rings is 1. The van der Waals surface area contributed by atoms with Crippen molar-refractivity contribution in [3.05, 3.63) is 20.3 Å². The van der Waals surface area contributed by atoms with Crippen LogP contribution in [0.4, 0.5) is 0 Å². The molecule has 1 fully saturated rings. The van der Waals surface area contributed by atoms with Gasteiger partial charge in [0.1, 0.15) is 0 Å². The average Bonchev–Trinajstić information content (AvgIpc) is 2.47. The van der Waals surface area contributed by atoms with E-state index in [-0.39, 0.29) is 0 Å². The number of nitrogens with zero attached hydrogens (tertiary/aromatic N) is 1. The van der Waals surface area contributed by atoms with E-state index in [2.05, 4.69) is 39.1 Å². The fourth-order valence-electron chi connectivity index (χ4n) is 1.75. The monoisotopic (exact) mass is 274 g/mol. The van der Waals surface area contributed by atoms with Crippen LogP contribution in [0.1, 0.15) is 10.4 Å². The lowest BCUT2D eigenvalue weighted by Gasteiger charge is -2.27. The molecule has 0 radical (unpaired) electrons. The third-order valence-electron chi connectivity index (χ3n) is 2.59. The van der Waals surface area contributed by atoms with Crippen molar-refractivity contribution in [2.45, 2.75) is 13.5 Å². The Hall–Kier alpha value is 0.1000. The number of halogens is 1. The predicted octanol–water partition coefficient (Wildman–Crippen LogP) is 2.22. The largest absolute Gasteiger partial charge is 0.314 e. The second-order valence-electron chi connectivity index (χ2n) is 3.66. The Bertz CT molecular complexity index is 305. The van der Waals surface area contributed by atoms with Crippen molar-refractivity contribution in [1.29, 1.82) is 0 Å². The van der Waals surface area contributed by atoms with Crippen LogP contribution in [0.25, 0.3) is 0 Å². The molecule has 1 aromatic heterocycles. The first-order valence-corrected chi connectivity index (χ1v) is 6.54. The van der Waals surface area contributed by atoms with E-state index in [0.717, 1.165) is 19.6 Å². The van der Waals surface area contributed by atoms with E-state index in [1.165, 1.54) is 27.3 Å². The van der Waals surface area contributed by atoms with Crippen LogP contribution in [0.15, 0.2) is 9.85 Å². The molecule has 1 aromatic rings. The fraction of sp³-hybridized carbons (Fsp3) is 0.600. The van der Waals surface area contributed by atoms with Crippen molar-refractivity contribution in [2.75, 3.05) is 26.2 Å². The quantitative estimate of drug-likeness (QED) is 0.890. The second-order valence-corrected chi connectivity index (χ2v) is 6.29. The average molecular weight is 275 g/mol. The van der Waals surface area contributed by atoms with Gasteiger partial charge in [-0.25, -0.2) is 0 Å². The summed E-state index contributed by atoms with van der Waals surface area (Å²) in [5, 5.41) is 3.37. The van der Waals surface area contributed by atoms with Crippen LogP contribution >= 0.6 is 27.3 Å². The van der Waals surface area contributed by atoms with Gasteiger partial charge in [0, 0.05) is 37.6 Å². The van der Waals surface area contributed by atoms with Crippen molar-refractivity contribution < 1.29 is 0 Å². The Balaban J connectivity index is 1.98. The molecule has 4 heteroatoms. The molecular weight excluding hydrogens is 260 g/mol. The van der Waals surface area contributed by atoms with Gasteiger partial charge in [-0.05, 0) is 34.5 Å². The molecule has 2 rings (SSSR count). The fourth-order valence-corrected chi connectivity index (χ4v) is 3.50. The van der Waals surface area contributed by atoms with Gasteiger partial charge in [-0.15, -0.1) is 11.3 Å². The first-order valence-electron chi connectivity index (χ1n) is 4.93. The molecule has 0 unspecified atom stereocenters. The van der Waals surface area contributed by atoms with Crippen molar-refractivity contribution in [2.24, 2.45) is 0 Å². The summed E-state index contributed by atoms with van der Waals surface area (Å²) in [6, 6.07) is 2.25. The highest BCUT2D eigenvalue weighted by Gasteiger charge is 2.12. The summed E-state index contributed by atoms with van der Waals surface area (Å²) in [5.41, 5.74) is 1.48. The van der Waals surface area contributed by atoms with E-state index in [0.29, 0.717) is 0 Å². The Morgan fingerprint density at radius 3 is 2.79 bits per heavy atom. The molecular formula is C10H15BrN2S. The number of hydrogen-bond acceptors (Lipinski definition) is 3. The van der Waals surface area contributed by atoms with Crippen LogP contribution in [0, 0.1) is 6.92 Å². The first-order chi connectivity index (χ1) is 6.75. The summed E-state index contributed by atoms with van der Waals surface area (Å²) < 4.78 is 1.25. The van der Waals surface area contributed by atoms with Crippen LogP contribution in [-0.2, 0) is 6.54 Å². The highest BCUT2D eigenvalue weighted by molar-refractivity contribution is 9.11. The molecule has 0 aromatic carbocycles. The molecule has 0 amide bonds. The van der Waals surface area contributed by atoms with Gasteiger partial charge in [0.2, 0.25) is 0 Å². The number of thiophene rings is 1. The minimum Gasteiger partial charge on any atom is -0.314 e. The zero-order valence-electron chi connectivity index (χ0n) is 8.35. The summed E-state index contributed by atoms with van der Waals surface area (Å²) >= 11 is 5.37. The molecule has 0 atom stereocenters. The van der Waals surface area contributed by atoms with E-state index >= 15 is 0 Å². The summed E-state index contributed by atoms with van der Waals surface area (Å²) in [6.07, 6.45) is 0. The zero-order chi connectivity index (χ0) is 9.97. The summed E-state index contributed by atoms with van der Waals surface area (Å²) in [5.74, 6) is 0. The van der Waals surface area contributed by atoms with Gasteiger partial charge in [0.05, 0.1) is 3.79 Å². The summed E-state index contributed by atoms with van der Waals surface area (Å²) in [6.45, 7) is 7.91. The van der Waals surface area contributed by atoms with Crippen LogP contribution in [0.3, 0.4) is 0 Å². The molecule has 78 valence electrons. The zero-order valence-corrected chi connectivity index (χ0v) is 10.7. The molecule has 0 spiro atoms. The predicted molar refractivity (Wildman–Crippen MR) is 64.9 cm³/mol. The van der Waals surface area contributed by atoms with Gasteiger partial charge in [0.25, 0.3) is 0 Å². The maximum atomic E-state index is 3.54. The Labute approximate surface area is 97.4 Å². The standard InChI is InChI=1S/C10H15BrN2S/c1-8-9(6-10(11)14-8)7-13-4-2-12-3-5-13/h6,12H,2-5,7H2,1H3. The minimum absolute atomic E-state index is 1.11. The number of aryl methyl sites for hydroxylation is 1. The molecule has 1 aliphatic heterocycles. The molecule has 2 nitrogen and oxygen atoms in total. The second kappa shape index (κ2) is 4.75. The van der Waals surface area contributed by atoms with Gasteiger partial charge < -0.3 is 5.32 Å². The normalized spacial score (nSPS) is 18.7. The Kier molecular flexibility index (Phi) is 3.60. The molecule has 1 N–H and O–H groups in total. The SMILES string of the molecule is Cc1sc(Br)cc1CN1CCNCC1. The van der Waals surface area contributed by atoms with Gasteiger partial charge in [0.15, 0.2) is 0 Å². The maximum absolute atomic E-state index is 3.54. The summed E-state index contributed by atoms with van der Waals surface area (Å²) in [7, 11) is 0. The Morgan fingerprint density at radius 1 is 1.50 bits per heavy atom. The molecule has 2 heterocycles. The third kappa shape index (κ3) is 2.57. The first kappa shape index (κ1) is 10.6. The van der Waals surface area contributed by atoms with Crippen LogP contribution in [0.5, 0.6) is 0 Å². The minimum atomic E-state index is 1.11. The smallest absolute Gasteiger partial charge is 0.0704 e. The topological polar surface area (TPSA) is 15.3 Å². The van der Waals surface area contributed by atoms with E-state index in [4.69, 9.17) is 0 Å². The van der Waals surface area contributed by atoms with Crippen molar-refractivity contribution >= 4 is 27.3 Å². The molecule has 1 saturated heterocycles. The highest BCUT2D eigenvalue weighted by atomic mass is 79.9. The van der Waals surface area contributed by atoms with Crippen molar-refractivity contribution in [3.63, 3.8) is 0 Å². The lowest BCUT2D eigenvalue weighted by molar-refractivity contribution is 0.233. The Morgan fingerprint density at radius 2 is 2.21 bits per heavy atom. The number of hydrogen-bond donors (Lipinski definition) is 1. The molecule has 0 saturated carbocycles. The number of rotatable bonds is 2. The lowest BCUT2D eigenvalue weighted by Crippen LogP contribution is -2.42. The third-order valence-corrected chi connectivity index (χ3v) is 4.19. The van der Waals surface area contributed by atoms with E-state index in [1.807, 2.05) is 11.3 Å².